The standard InChI is InChI=1S/C21H18N6O5S/c22-18-13-2-3-14(12-1-4-15-16(9-12)31-11-30-15)23-21(13)33-19(18)20(28)24-17-10-27(25-32-17)26-5-7-29-8-6-26/h1-4,9-10H,5-8,11H2,(H2-,22,24,25,28). The van der Waals surface area contributed by atoms with Crippen LogP contribution in [0.2, 0.25) is 0 Å². The average Bonchev–Trinajstić information content (AvgIpc) is 3.58. The van der Waals surface area contributed by atoms with Gasteiger partial charge in [-0.2, -0.15) is 0 Å². The lowest BCUT2D eigenvalue weighted by atomic mass is 10.1. The number of nitrogens with two attached hydrogens (primary N) is 1. The zero-order valence-corrected chi connectivity index (χ0v) is 18.1. The molecule has 0 saturated carbocycles. The SMILES string of the molecule is Nc1c(/C([O-])=N/c2c[n+](N3CCOCC3)no2)sc2nc(-c3ccc4c(c3)OCO4)ccc12. The maximum atomic E-state index is 12.8. The molecule has 5 heterocycles. The van der Waals surface area contributed by atoms with Crippen molar-refractivity contribution in [2.75, 3.05) is 43.8 Å². The number of fused-ring (bicyclic) bond motifs is 2. The molecule has 6 rings (SSSR count). The Bertz CT molecular complexity index is 1380. The van der Waals surface area contributed by atoms with Crippen LogP contribution in [0.15, 0.2) is 46.0 Å². The summed E-state index contributed by atoms with van der Waals surface area (Å²) in [5, 5.41) is 19.4. The van der Waals surface area contributed by atoms with Gasteiger partial charge in [0.15, 0.2) is 11.5 Å². The van der Waals surface area contributed by atoms with Gasteiger partial charge < -0.3 is 25.1 Å². The monoisotopic (exact) mass is 466 g/mol. The molecule has 3 aromatic heterocycles. The van der Waals surface area contributed by atoms with Crippen molar-refractivity contribution in [3.63, 3.8) is 0 Å². The number of anilines is 1. The molecule has 2 aliphatic rings. The van der Waals surface area contributed by atoms with E-state index >= 15 is 0 Å². The van der Waals surface area contributed by atoms with Gasteiger partial charge in [0, 0.05) is 16.8 Å². The largest absolute Gasteiger partial charge is 0.857 e. The van der Waals surface area contributed by atoms with Crippen LogP contribution in [-0.2, 0) is 4.74 Å². The van der Waals surface area contributed by atoms with E-state index in [0.717, 1.165) is 11.3 Å². The number of benzene rings is 1. The number of aromatic nitrogens is 3. The number of thiophene rings is 1. The molecule has 2 aliphatic heterocycles. The predicted molar refractivity (Wildman–Crippen MR) is 117 cm³/mol. The zero-order chi connectivity index (χ0) is 22.4. The van der Waals surface area contributed by atoms with Crippen molar-refractivity contribution in [3.8, 4) is 22.8 Å². The summed E-state index contributed by atoms with van der Waals surface area (Å²) in [4.78, 5) is 11.2. The van der Waals surface area contributed by atoms with Crippen LogP contribution in [0, 0.1) is 0 Å². The molecule has 11 nitrogen and oxygen atoms in total. The zero-order valence-electron chi connectivity index (χ0n) is 17.3. The molecule has 12 heteroatoms. The Morgan fingerprint density at radius 2 is 2.00 bits per heavy atom. The minimum Gasteiger partial charge on any atom is -0.857 e. The van der Waals surface area contributed by atoms with Gasteiger partial charge >= 0.3 is 5.88 Å². The van der Waals surface area contributed by atoms with Crippen LogP contribution in [0.4, 0.5) is 11.6 Å². The third-order valence-electron chi connectivity index (χ3n) is 5.39. The molecule has 1 aromatic carbocycles. The summed E-state index contributed by atoms with van der Waals surface area (Å²) in [7, 11) is 0. The van der Waals surface area contributed by atoms with Crippen molar-refractivity contribution in [1.29, 1.82) is 0 Å². The molecule has 0 bridgehead atoms. The van der Waals surface area contributed by atoms with Crippen molar-refractivity contribution in [2.24, 2.45) is 4.99 Å². The van der Waals surface area contributed by atoms with Crippen LogP contribution in [0.1, 0.15) is 4.88 Å². The highest BCUT2D eigenvalue weighted by atomic mass is 32.1. The molecule has 1 fully saturated rings. The number of hydrogen-bond donors (Lipinski definition) is 1. The van der Waals surface area contributed by atoms with E-state index in [1.807, 2.05) is 35.3 Å². The van der Waals surface area contributed by atoms with Crippen LogP contribution in [0.5, 0.6) is 11.5 Å². The molecular weight excluding hydrogens is 448 g/mol. The molecule has 0 amide bonds. The highest BCUT2D eigenvalue weighted by Gasteiger charge is 2.23. The number of pyridine rings is 1. The first-order valence-corrected chi connectivity index (χ1v) is 11.0. The Balaban J connectivity index is 1.30. The number of rotatable bonds is 4. The van der Waals surface area contributed by atoms with E-state index in [9.17, 15) is 5.11 Å². The van der Waals surface area contributed by atoms with E-state index in [2.05, 4.69) is 10.3 Å². The van der Waals surface area contributed by atoms with Crippen LogP contribution in [-0.4, -0.2) is 49.2 Å². The minimum atomic E-state index is -0.509. The van der Waals surface area contributed by atoms with E-state index in [1.165, 1.54) is 16.1 Å². The maximum absolute atomic E-state index is 12.8. The van der Waals surface area contributed by atoms with E-state index in [1.54, 1.807) is 6.20 Å². The summed E-state index contributed by atoms with van der Waals surface area (Å²) < 4.78 is 21.3. The maximum Gasteiger partial charge on any atom is 0.324 e. The molecule has 0 atom stereocenters. The first-order valence-electron chi connectivity index (χ1n) is 10.2. The minimum absolute atomic E-state index is 0.0948. The third kappa shape index (κ3) is 3.58. The average molecular weight is 466 g/mol. The van der Waals surface area contributed by atoms with Crippen LogP contribution in [0.25, 0.3) is 21.5 Å². The first kappa shape index (κ1) is 19.8. The summed E-state index contributed by atoms with van der Waals surface area (Å²) in [5.74, 6) is 0.968. The van der Waals surface area contributed by atoms with Gasteiger partial charge in [0.25, 0.3) is 6.20 Å². The van der Waals surface area contributed by atoms with Gasteiger partial charge in [0.2, 0.25) is 12.1 Å². The normalized spacial score (nSPS) is 16.0. The van der Waals surface area contributed by atoms with Gasteiger partial charge in [0.05, 0.1) is 47.4 Å². The second kappa shape index (κ2) is 7.90. The molecule has 0 aliphatic carbocycles. The summed E-state index contributed by atoms with van der Waals surface area (Å²) in [6.07, 6.45) is 1.56. The van der Waals surface area contributed by atoms with Crippen LogP contribution in [0.3, 0.4) is 0 Å². The van der Waals surface area contributed by atoms with Gasteiger partial charge in [-0.25, -0.2) is 9.98 Å². The molecule has 0 unspecified atom stereocenters. The van der Waals surface area contributed by atoms with Crippen molar-refractivity contribution in [2.45, 2.75) is 0 Å². The number of aliphatic imine (C=N–C) groups is 1. The number of hydrogen-bond acceptors (Lipinski definition) is 11. The number of morpholine rings is 1. The van der Waals surface area contributed by atoms with E-state index < -0.39 is 5.90 Å². The molecular formula is C21H18N6O5S. The summed E-state index contributed by atoms with van der Waals surface area (Å²) in [6, 6.07) is 9.35. The van der Waals surface area contributed by atoms with Gasteiger partial charge in [0.1, 0.15) is 4.83 Å². The first-order chi connectivity index (χ1) is 16.2. The molecule has 4 aromatic rings. The summed E-state index contributed by atoms with van der Waals surface area (Å²) in [5.41, 5.74) is 8.21. The molecule has 168 valence electrons. The predicted octanol–water partition coefficient (Wildman–Crippen LogP) is 0.956. The van der Waals surface area contributed by atoms with Crippen LogP contribution >= 0.6 is 11.3 Å². The highest BCUT2D eigenvalue weighted by Crippen LogP contribution is 2.38. The Labute approximate surface area is 191 Å². The van der Waals surface area contributed by atoms with E-state index in [0.29, 0.717) is 58.6 Å². The lowest BCUT2D eigenvalue weighted by molar-refractivity contribution is -0.759. The fourth-order valence-electron chi connectivity index (χ4n) is 3.69. The van der Waals surface area contributed by atoms with E-state index in [-0.39, 0.29) is 12.7 Å². The fraction of sp³-hybridized carbons (Fsp3) is 0.238. The molecule has 1 saturated heterocycles. The smallest absolute Gasteiger partial charge is 0.324 e. The third-order valence-corrected chi connectivity index (χ3v) is 6.49. The Hall–Kier alpha value is -3.90. The fourth-order valence-corrected chi connectivity index (χ4v) is 4.67. The Kier molecular flexibility index (Phi) is 4.73. The van der Waals surface area contributed by atoms with Gasteiger partial charge in [-0.05, 0) is 30.3 Å². The van der Waals surface area contributed by atoms with E-state index in [4.69, 9.17) is 29.5 Å². The quantitative estimate of drug-likeness (QED) is 0.265. The topological polar surface area (TPSA) is 135 Å². The van der Waals surface area contributed by atoms with Crippen molar-refractivity contribution in [3.05, 3.63) is 41.4 Å². The second-order valence-corrected chi connectivity index (χ2v) is 8.40. The van der Waals surface area contributed by atoms with Crippen LogP contribution < -0.4 is 30.1 Å². The summed E-state index contributed by atoms with van der Waals surface area (Å²) in [6.45, 7) is 2.76. The Morgan fingerprint density at radius 1 is 1.15 bits per heavy atom. The van der Waals surface area contributed by atoms with Crippen molar-refractivity contribution < 1.29 is 28.6 Å². The number of nitrogens with zero attached hydrogens (tertiary/aromatic N) is 5. The molecule has 0 radical (unpaired) electrons. The lowest BCUT2D eigenvalue weighted by Crippen LogP contribution is -2.62. The Morgan fingerprint density at radius 3 is 2.88 bits per heavy atom. The molecule has 2 N–H and O–H groups in total. The number of nitrogen functional groups attached to an aromatic ring is 1. The van der Waals surface area contributed by atoms with Crippen molar-refractivity contribution >= 4 is 39.0 Å². The van der Waals surface area contributed by atoms with Crippen molar-refractivity contribution in [1.82, 2.24) is 10.3 Å². The summed E-state index contributed by atoms with van der Waals surface area (Å²) >= 11 is 1.19. The van der Waals surface area contributed by atoms with Gasteiger partial charge in [-0.15, -0.1) is 16.3 Å². The molecule has 0 spiro atoms. The highest BCUT2D eigenvalue weighted by molar-refractivity contribution is 7.21. The lowest BCUT2D eigenvalue weighted by Gasteiger charge is -2.18. The molecule has 33 heavy (non-hydrogen) atoms. The van der Waals surface area contributed by atoms with Gasteiger partial charge in [-0.3, -0.25) is 4.52 Å². The second-order valence-electron chi connectivity index (χ2n) is 7.41. The van der Waals surface area contributed by atoms with Gasteiger partial charge in [-0.1, -0.05) is 0 Å². The number of ether oxygens (including phenoxy) is 3.